The number of fused-ring (bicyclic) bond motifs is 1. The molecule has 5 nitrogen and oxygen atoms in total. The van der Waals surface area contributed by atoms with Crippen molar-refractivity contribution in [3.05, 3.63) is 40.0 Å². The van der Waals surface area contributed by atoms with Crippen LogP contribution in [-0.2, 0) is 4.74 Å². The van der Waals surface area contributed by atoms with Crippen LogP contribution in [0.2, 0.25) is 5.02 Å². The summed E-state index contributed by atoms with van der Waals surface area (Å²) < 4.78 is 5.35. The second-order valence-corrected chi connectivity index (χ2v) is 10.2. The van der Waals surface area contributed by atoms with Gasteiger partial charge >= 0.3 is 0 Å². The van der Waals surface area contributed by atoms with Crippen LogP contribution in [0.3, 0.4) is 0 Å². The molecule has 0 spiro atoms. The van der Waals surface area contributed by atoms with Crippen molar-refractivity contribution in [3.63, 3.8) is 0 Å². The van der Waals surface area contributed by atoms with E-state index in [0.29, 0.717) is 35.8 Å². The maximum atomic E-state index is 13.8. The topological polar surface area (TPSA) is 45.7 Å². The van der Waals surface area contributed by atoms with Crippen LogP contribution in [-0.4, -0.2) is 66.6 Å². The van der Waals surface area contributed by atoms with E-state index in [1.54, 1.807) is 7.11 Å². The van der Waals surface area contributed by atoms with E-state index in [0.717, 1.165) is 22.0 Å². The molecule has 2 aliphatic rings. The molecule has 2 aromatic rings. The number of carbonyl (C=O) groups is 1. The molecule has 1 aromatic carbocycles. The number of carbonyl (C=O) groups excluding carboxylic acids is 1. The van der Waals surface area contributed by atoms with Crippen LogP contribution in [0.5, 0.6) is 0 Å². The molecule has 2 saturated heterocycles. The van der Waals surface area contributed by atoms with Gasteiger partial charge in [0.05, 0.1) is 16.5 Å². The van der Waals surface area contributed by atoms with Crippen molar-refractivity contribution in [2.75, 3.05) is 39.9 Å². The summed E-state index contributed by atoms with van der Waals surface area (Å²) in [6, 6.07) is 8.29. The maximum absolute atomic E-state index is 13.8. The Morgan fingerprint density at radius 3 is 2.87 bits per heavy atom. The largest absolute Gasteiger partial charge is 0.383 e. The second-order valence-electron chi connectivity index (χ2n) is 8.64. The van der Waals surface area contributed by atoms with E-state index in [9.17, 15) is 4.79 Å². The SMILES string of the molecule is COCCN(CC1CCCN2CCCCC12)C(=O)c1nc(C)sc1-c1ccccc1Cl. The molecular weight excluding hydrogens is 430 g/mol. The average molecular weight is 462 g/mol. The molecule has 0 bridgehead atoms. The molecule has 1 aromatic heterocycles. The lowest BCUT2D eigenvalue weighted by Gasteiger charge is -2.45. The molecule has 2 atom stereocenters. The average Bonchev–Trinajstić information content (AvgIpc) is 3.18. The van der Waals surface area contributed by atoms with Crippen LogP contribution in [0, 0.1) is 12.8 Å². The van der Waals surface area contributed by atoms with Gasteiger partial charge < -0.3 is 14.5 Å². The molecule has 3 heterocycles. The van der Waals surface area contributed by atoms with Gasteiger partial charge in [-0.2, -0.15) is 0 Å². The van der Waals surface area contributed by atoms with Gasteiger partial charge in [0.1, 0.15) is 5.69 Å². The van der Waals surface area contributed by atoms with Crippen molar-refractivity contribution in [1.82, 2.24) is 14.8 Å². The van der Waals surface area contributed by atoms with Crippen molar-refractivity contribution >= 4 is 28.8 Å². The summed E-state index contributed by atoms with van der Waals surface area (Å²) in [6.45, 7) is 6.23. The van der Waals surface area contributed by atoms with E-state index >= 15 is 0 Å². The molecule has 2 aliphatic heterocycles. The highest BCUT2D eigenvalue weighted by atomic mass is 35.5. The summed E-state index contributed by atoms with van der Waals surface area (Å²) >= 11 is 8.00. The van der Waals surface area contributed by atoms with Crippen LogP contribution in [0.1, 0.15) is 47.6 Å². The van der Waals surface area contributed by atoms with Crippen molar-refractivity contribution in [3.8, 4) is 10.4 Å². The predicted molar refractivity (Wildman–Crippen MR) is 127 cm³/mol. The Kier molecular flexibility index (Phi) is 7.64. The number of piperidine rings is 2. The Morgan fingerprint density at radius 1 is 1.26 bits per heavy atom. The Morgan fingerprint density at radius 2 is 2.06 bits per heavy atom. The Hall–Kier alpha value is -1.47. The molecule has 0 saturated carbocycles. The highest BCUT2D eigenvalue weighted by molar-refractivity contribution is 7.15. The van der Waals surface area contributed by atoms with E-state index in [4.69, 9.17) is 16.3 Å². The third-order valence-corrected chi connectivity index (χ3v) is 7.92. The minimum absolute atomic E-state index is 0.00995. The van der Waals surface area contributed by atoms with Gasteiger partial charge in [0.15, 0.2) is 0 Å². The Bertz CT molecular complexity index is 901. The second kappa shape index (κ2) is 10.4. The van der Waals surface area contributed by atoms with E-state index < -0.39 is 0 Å². The first kappa shape index (κ1) is 22.7. The number of aryl methyl sites for hydroxylation is 1. The first-order valence-corrected chi connectivity index (χ1v) is 12.5. The van der Waals surface area contributed by atoms with Gasteiger partial charge in [-0.05, 0) is 57.7 Å². The zero-order chi connectivity index (χ0) is 21.8. The van der Waals surface area contributed by atoms with E-state index in [1.165, 1.54) is 56.5 Å². The lowest BCUT2D eigenvalue weighted by atomic mass is 9.83. The summed E-state index contributed by atoms with van der Waals surface area (Å²) in [5, 5.41) is 1.52. The lowest BCUT2D eigenvalue weighted by Crippen LogP contribution is -2.52. The number of amides is 1. The normalized spacial score (nSPS) is 21.6. The van der Waals surface area contributed by atoms with Gasteiger partial charge in [0, 0.05) is 36.8 Å². The van der Waals surface area contributed by atoms with Gasteiger partial charge in [-0.25, -0.2) is 4.98 Å². The number of ether oxygens (including phenoxy) is 1. The number of thiazole rings is 1. The molecule has 2 fully saturated rings. The van der Waals surface area contributed by atoms with E-state index in [1.807, 2.05) is 36.1 Å². The molecule has 0 aliphatic carbocycles. The number of nitrogens with zero attached hydrogens (tertiary/aromatic N) is 3. The van der Waals surface area contributed by atoms with Gasteiger partial charge in [-0.15, -0.1) is 11.3 Å². The molecular formula is C24H32ClN3O2S. The Balaban J connectivity index is 1.60. The van der Waals surface area contributed by atoms with Crippen LogP contribution >= 0.6 is 22.9 Å². The monoisotopic (exact) mass is 461 g/mol. The summed E-state index contributed by atoms with van der Waals surface area (Å²) in [5.74, 6) is 0.502. The van der Waals surface area contributed by atoms with Crippen molar-refractivity contribution in [1.29, 1.82) is 0 Å². The third-order valence-electron chi connectivity index (χ3n) is 6.59. The van der Waals surface area contributed by atoms with Crippen LogP contribution < -0.4 is 0 Å². The van der Waals surface area contributed by atoms with Gasteiger partial charge in [-0.3, -0.25) is 4.79 Å². The number of benzene rings is 1. The van der Waals surface area contributed by atoms with Gasteiger partial charge in [-0.1, -0.05) is 36.2 Å². The van der Waals surface area contributed by atoms with Gasteiger partial charge in [0.2, 0.25) is 0 Å². The highest BCUT2D eigenvalue weighted by Gasteiger charge is 2.35. The minimum atomic E-state index is -0.00995. The number of halogens is 1. The van der Waals surface area contributed by atoms with Crippen LogP contribution in [0.25, 0.3) is 10.4 Å². The first-order chi connectivity index (χ1) is 15.1. The summed E-state index contributed by atoms with van der Waals surface area (Å²) in [6.07, 6.45) is 6.25. The summed E-state index contributed by atoms with van der Waals surface area (Å²) in [4.78, 5) is 23.9. The molecule has 4 rings (SSSR count). The molecule has 2 unspecified atom stereocenters. The number of rotatable bonds is 7. The highest BCUT2D eigenvalue weighted by Crippen LogP contribution is 2.36. The lowest BCUT2D eigenvalue weighted by molar-refractivity contribution is 0.0313. The van der Waals surface area contributed by atoms with Crippen LogP contribution in [0.4, 0.5) is 0 Å². The molecule has 0 N–H and O–H groups in total. The number of aromatic nitrogens is 1. The van der Waals surface area contributed by atoms with Gasteiger partial charge in [0.25, 0.3) is 5.91 Å². The van der Waals surface area contributed by atoms with Crippen molar-refractivity contribution in [2.24, 2.45) is 5.92 Å². The maximum Gasteiger partial charge on any atom is 0.274 e. The quantitative estimate of drug-likeness (QED) is 0.573. The predicted octanol–water partition coefficient (Wildman–Crippen LogP) is 5.13. The summed E-state index contributed by atoms with van der Waals surface area (Å²) in [7, 11) is 1.69. The standard InChI is InChI=1S/C24H32ClN3O2S/c1-17-26-22(23(31-17)19-9-3-4-10-20(19)25)24(29)28(14-15-30-2)16-18-8-7-13-27-12-6-5-11-21(18)27/h3-4,9-10,18,21H,5-8,11-16H2,1-2H3. The fourth-order valence-corrected chi connectivity index (χ4v) is 6.34. The molecule has 7 heteroatoms. The van der Waals surface area contributed by atoms with Crippen molar-refractivity contribution in [2.45, 2.75) is 45.1 Å². The molecule has 0 radical (unpaired) electrons. The molecule has 1 amide bonds. The summed E-state index contributed by atoms with van der Waals surface area (Å²) in [5.41, 5.74) is 1.39. The van der Waals surface area contributed by atoms with E-state index in [-0.39, 0.29) is 5.91 Å². The fourth-order valence-electron chi connectivity index (χ4n) is 5.10. The zero-order valence-corrected chi connectivity index (χ0v) is 20.1. The van der Waals surface area contributed by atoms with E-state index in [2.05, 4.69) is 9.88 Å². The minimum Gasteiger partial charge on any atom is -0.383 e. The fraction of sp³-hybridized carbons (Fsp3) is 0.583. The molecule has 31 heavy (non-hydrogen) atoms. The van der Waals surface area contributed by atoms with Crippen LogP contribution in [0.15, 0.2) is 24.3 Å². The number of hydrogen-bond acceptors (Lipinski definition) is 5. The third kappa shape index (κ3) is 5.14. The number of methoxy groups -OCH3 is 1. The van der Waals surface area contributed by atoms with Crippen molar-refractivity contribution < 1.29 is 9.53 Å². The Labute approximate surface area is 194 Å². The first-order valence-electron chi connectivity index (χ1n) is 11.3. The zero-order valence-electron chi connectivity index (χ0n) is 18.5. The molecule has 168 valence electrons. The smallest absolute Gasteiger partial charge is 0.274 e. The number of hydrogen-bond donors (Lipinski definition) is 0.